The number of rotatable bonds is 5. The molecule has 0 heterocycles. The number of unbranched alkanes of at least 4 members (excludes halogenated alkanes) is 2. The lowest BCUT2D eigenvalue weighted by Gasteiger charge is -2.06. The van der Waals surface area contributed by atoms with Crippen molar-refractivity contribution in [3.05, 3.63) is 33.8 Å². The first kappa shape index (κ1) is 13.5. The minimum Gasteiger partial charge on any atom is -0.299 e. The summed E-state index contributed by atoms with van der Waals surface area (Å²) in [6, 6.07) is 5.63. The average molecular weight is 309 g/mol. The van der Waals surface area contributed by atoms with E-state index in [1.807, 2.05) is 18.2 Å². The predicted molar refractivity (Wildman–Crippen MR) is 74.8 cm³/mol. The van der Waals surface area contributed by atoms with E-state index < -0.39 is 5.92 Å². The van der Waals surface area contributed by atoms with Gasteiger partial charge in [-0.3, -0.25) is 9.59 Å². The molecule has 0 aromatic heterocycles. The lowest BCUT2D eigenvalue weighted by atomic mass is 9.95. The molecular formula is C15H17BrO2. The second-order valence-corrected chi connectivity index (χ2v) is 5.76. The molecular weight excluding hydrogens is 292 g/mol. The van der Waals surface area contributed by atoms with Crippen LogP contribution in [0.4, 0.5) is 0 Å². The van der Waals surface area contributed by atoms with E-state index in [0.29, 0.717) is 12.8 Å². The van der Waals surface area contributed by atoms with Gasteiger partial charge in [-0.1, -0.05) is 35.7 Å². The molecule has 1 unspecified atom stereocenters. The first-order valence-corrected chi connectivity index (χ1v) is 7.28. The lowest BCUT2D eigenvalue weighted by Crippen LogP contribution is -2.20. The molecule has 1 aliphatic carbocycles. The number of Topliss-reactive ketones (excluding diaryl/α,β-unsaturated/α-hetero) is 2. The highest BCUT2D eigenvalue weighted by Crippen LogP contribution is 2.30. The van der Waals surface area contributed by atoms with Crippen LogP contribution in [-0.4, -0.2) is 11.6 Å². The van der Waals surface area contributed by atoms with Crippen molar-refractivity contribution in [2.45, 2.75) is 39.0 Å². The Kier molecular flexibility index (Phi) is 4.33. The third-order valence-corrected chi connectivity index (χ3v) is 3.98. The molecule has 0 radical (unpaired) electrons. The van der Waals surface area contributed by atoms with E-state index in [9.17, 15) is 9.59 Å². The van der Waals surface area contributed by atoms with E-state index in [4.69, 9.17) is 0 Å². The van der Waals surface area contributed by atoms with Crippen LogP contribution in [0, 0.1) is 5.92 Å². The van der Waals surface area contributed by atoms with Gasteiger partial charge in [-0.15, -0.1) is 0 Å². The van der Waals surface area contributed by atoms with Crippen LogP contribution >= 0.6 is 15.9 Å². The Bertz CT molecular complexity index is 479. The number of hydrogen-bond donors (Lipinski definition) is 0. The normalized spacial score (nSPS) is 17.9. The van der Waals surface area contributed by atoms with Crippen LogP contribution in [0.1, 0.15) is 48.5 Å². The Balaban J connectivity index is 2.06. The molecule has 2 nitrogen and oxygen atoms in total. The van der Waals surface area contributed by atoms with Crippen LogP contribution in [-0.2, 0) is 11.2 Å². The Morgan fingerprint density at radius 3 is 2.89 bits per heavy atom. The summed E-state index contributed by atoms with van der Waals surface area (Å²) in [5, 5.41) is 0. The minimum absolute atomic E-state index is 0.0130. The number of ketones is 2. The summed E-state index contributed by atoms with van der Waals surface area (Å²) < 4.78 is 0.966. The molecule has 0 spiro atoms. The van der Waals surface area contributed by atoms with Gasteiger partial charge in [0, 0.05) is 16.5 Å². The van der Waals surface area contributed by atoms with Crippen LogP contribution < -0.4 is 0 Å². The highest BCUT2D eigenvalue weighted by Gasteiger charge is 2.34. The number of benzene rings is 1. The fourth-order valence-electron chi connectivity index (χ4n) is 2.46. The molecule has 18 heavy (non-hydrogen) atoms. The largest absolute Gasteiger partial charge is 0.299 e. The Morgan fingerprint density at radius 2 is 2.17 bits per heavy atom. The zero-order valence-corrected chi connectivity index (χ0v) is 12.1. The SMILES string of the molecule is CCCCCC(=O)C1Cc2cc(Br)ccc2C1=O. The summed E-state index contributed by atoms with van der Waals surface area (Å²) in [4.78, 5) is 24.2. The van der Waals surface area contributed by atoms with E-state index in [0.717, 1.165) is 34.9 Å². The maximum atomic E-state index is 12.1. The first-order valence-electron chi connectivity index (χ1n) is 6.49. The lowest BCUT2D eigenvalue weighted by molar-refractivity contribution is -0.121. The van der Waals surface area contributed by atoms with Gasteiger partial charge in [0.05, 0.1) is 5.92 Å². The molecule has 1 aromatic rings. The molecule has 0 bridgehead atoms. The smallest absolute Gasteiger partial charge is 0.173 e. The van der Waals surface area contributed by atoms with Gasteiger partial charge in [-0.25, -0.2) is 0 Å². The van der Waals surface area contributed by atoms with Crippen LogP contribution in [0.3, 0.4) is 0 Å². The molecule has 1 atom stereocenters. The van der Waals surface area contributed by atoms with Crippen LogP contribution in [0.25, 0.3) is 0 Å². The van der Waals surface area contributed by atoms with Crippen LogP contribution in [0.15, 0.2) is 22.7 Å². The molecule has 0 fully saturated rings. The van der Waals surface area contributed by atoms with Gasteiger partial charge in [0.2, 0.25) is 0 Å². The van der Waals surface area contributed by atoms with Gasteiger partial charge in [0.1, 0.15) is 5.78 Å². The summed E-state index contributed by atoms with van der Waals surface area (Å²) in [7, 11) is 0. The molecule has 0 saturated carbocycles. The number of carbonyl (C=O) groups excluding carboxylic acids is 2. The van der Waals surface area contributed by atoms with Crippen LogP contribution in [0.2, 0.25) is 0 Å². The summed E-state index contributed by atoms with van der Waals surface area (Å²) in [5.74, 6) is -0.300. The minimum atomic E-state index is -0.425. The highest BCUT2D eigenvalue weighted by atomic mass is 79.9. The summed E-state index contributed by atoms with van der Waals surface area (Å²) in [6.45, 7) is 2.11. The summed E-state index contributed by atoms with van der Waals surface area (Å²) >= 11 is 3.40. The van der Waals surface area contributed by atoms with Crippen molar-refractivity contribution in [2.75, 3.05) is 0 Å². The Morgan fingerprint density at radius 1 is 1.39 bits per heavy atom. The number of carbonyl (C=O) groups is 2. The molecule has 0 aliphatic heterocycles. The maximum Gasteiger partial charge on any atom is 0.173 e. The standard InChI is InChI=1S/C15H17BrO2/c1-2-3-4-5-14(17)13-9-10-8-11(16)6-7-12(10)15(13)18/h6-8,13H,2-5,9H2,1H3. The average Bonchev–Trinajstić information content (AvgIpc) is 2.66. The van der Waals surface area contributed by atoms with Gasteiger partial charge in [0.25, 0.3) is 0 Å². The Labute approximate surface area is 116 Å². The van der Waals surface area contributed by atoms with Crippen molar-refractivity contribution >= 4 is 27.5 Å². The zero-order chi connectivity index (χ0) is 13.1. The molecule has 0 saturated heterocycles. The third kappa shape index (κ3) is 2.72. The zero-order valence-electron chi connectivity index (χ0n) is 10.5. The summed E-state index contributed by atoms with van der Waals surface area (Å²) in [6.07, 6.45) is 4.18. The van der Waals surface area contributed by atoms with Gasteiger partial charge >= 0.3 is 0 Å². The van der Waals surface area contributed by atoms with Gasteiger partial charge in [-0.2, -0.15) is 0 Å². The van der Waals surface area contributed by atoms with E-state index in [-0.39, 0.29) is 11.6 Å². The van der Waals surface area contributed by atoms with Crippen molar-refractivity contribution in [1.82, 2.24) is 0 Å². The highest BCUT2D eigenvalue weighted by molar-refractivity contribution is 9.10. The molecule has 0 amide bonds. The van der Waals surface area contributed by atoms with Crippen molar-refractivity contribution in [3.8, 4) is 0 Å². The monoisotopic (exact) mass is 308 g/mol. The first-order chi connectivity index (χ1) is 8.63. The van der Waals surface area contributed by atoms with Crippen molar-refractivity contribution in [1.29, 1.82) is 0 Å². The van der Waals surface area contributed by atoms with Gasteiger partial charge in [-0.05, 0) is 36.6 Å². The van der Waals surface area contributed by atoms with Crippen molar-refractivity contribution < 1.29 is 9.59 Å². The van der Waals surface area contributed by atoms with Gasteiger partial charge in [0.15, 0.2) is 5.78 Å². The van der Waals surface area contributed by atoms with E-state index in [1.165, 1.54) is 0 Å². The predicted octanol–water partition coefficient (Wildman–Crippen LogP) is 3.95. The maximum absolute atomic E-state index is 12.1. The molecule has 1 aliphatic rings. The second-order valence-electron chi connectivity index (χ2n) is 4.85. The molecule has 3 heteroatoms. The summed E-state index contributed by atoms with van der Waals surface area (Å²) in [5.41, 5.74) is 1.73. The number of halogens is 1. The van der Waals surface area contributed by atoms with E-state index in [1.54, 1.807) is 0 Å². The molecule has 2 rings (SSSR count). The fraction of sp³-hybridized carbons (Fsp3) is 0.467. The van der Waals surface area contributed by atoms with E-state index >= 15 is 0 Å². The number of hydrogen-bond acceptors (Lipinski definition) is 2. The molecule has 0 N–H and O–H groups in total. The van der Waals surface area contributed by atoms with Crippen LogP contribution in [0.5, 0.6) is 0 Å². The quantitative estimate of drug-likeness (QED) is 0.609. The van der Waals surface area contributed by atoms with Crippen molar-refractivity contribution in [3.63, 3.8) is 0 Å². The third-order valence-electron chi connectivity index (χ3n) is 3.49. The molecule has 1 aromatic carbocycles. The number of fused-ring (bicyclic) bond motifs is 1. The topological polar surface area (TPSA) is 34.1 Å². The van der Waals surface area contributed by atoms with Gasteiger partial charge < -0.3 is 0 Å². The van der Waals surface area contributed by atoms with E-state index in [2.05, 4.69) is 22.9 Å². The second kappa shape index (κ2) is 5.79. The Hall–Kier alpha value is -0.960. The fourth-order valence-corrected chi connectivity index (χ4v) is 2.86. The van der Waals surface area contributed by atoms with Crippen molar-refractivity contribution in [2.24, 2.45) is 5.92 Å². The molecule has 96 valence electrons.